The van der Waals surface area contributed by atoms with Gasteiger partial charge in [-0.1, -0.05) is 23.8 Å². The first-order valence-corrected chi connectivity index (χ1v) is 4.37. The van der Waals surface area contributed by atoms with Crippen LogP contribution >= 0.6 is 0 Å². The molecule has 1 rings (SSSR count). The van der Waals surface area contributed by atoms with Crippen molar-refractivity contribution in [1.29, 1.82) is 0 Å². The van der Waals surface area contributed by atoms with Gasteiger partial charge in [0.1, 0.15) is 0 Å². The van der Waals surface area contributed by atoms with Crippen LogP contribution in [0.15, 0.2) is 24.3 Å². The molecular weight excluding hydrogens is 162 g/mol. The molecule has 0 amide bonds. The highest BCUT2D eigenvalue weighted by molar-refractivity contribution is 5.65. The van der Waals surface area contributed by atoms with Crippen molar-refractivity contribution < 1.29 is 5.11 Å². The van der Waals surface area contributed by atoms with Gasteiger partial charge < -0.3 is 10.8 Å². The summed E-state index contributed by atoms with van der Waals surface area (Å²) in [4.78, 5) is 0. The third kappa shape index (κ3) is 2.92. The fraction of sp³-hybridized carbons (Fsp3) is 0.273. The molecule has 13 heavy (non-hydrogen) atoms. The average Bonchev–Trinajstić information content (AvgIpc) is 2.11. The smallest absolute Gasteiger partial charge is 0.0465 e. The van der Waals surface area contributed by atoms with Crippen molar-refractivity contribution in [3.8, 4) is 0 Å². The van der Waals surface area contributed by atoms with Crippen LogP contribution in [0.5, 0.6) is 0 Å². The van der Waals surface area contributed by atoms with Crippen LogP contribution in [0, 0.1) is 6.92 Å². The number of rotatable bonds is 3. The van der Waals surface area contributed by atoms with E-state index in [1.807, 2.05) is 37.3 Å². The Morgan fingerprint density at radius 3 is 2.92 bits per heavy atom. The van der Waals surface area contributed by atoms with Gasteiger partial charge in [-0.05, 0) is 31.0 Å². The molecule has 0 fully saturated rings. The summed E-state index contributed by atoms with van der Waals surface area (Å²) in [5.41, 5.74) is 8.75. The molecule has 0 radical (unpaired) electrons. The lowest BCUT2D eigenvalue weighted by atomic mass is 10.1. The third-order valence-electron chi connectivity index (χ3n) is 1.84. The summed E-state index contributed by atoms with van der Waals surface area (Å²) in [5.74, 6) is 0. The van der Waals surface area contributed by atoms with Crippen LogP contribution in [0.1, 0.15) is 17.5 Å². The van der Waals surface area contributed by atoms with Gasteiger partial charge in [-0.3, -0.25) is 0 Å². The van der Waals surface area contributed by atoms with Crippen molar-refractivity contribution in [3.63, 3.8) is 0 Å². The molecule has 0 aromatic heterocycles. The van der Waals surface area contributed by atoms with E-state index in [1.54, 1.807) is 0 Å². The molecule has 0 atom stereocenters. The minimum absolute atomic E-state index is 0.183. The van der Waals surface area contributed by atoms with Crippen LogP contribution < -0.4 is 5.73 Å². The zero-order valence-corrected chi connectivity index (χ0v) is 7.83. The van der Waals surface area contributed by atoms with Crippen molar-refractivity contribution in [2.45, 2.75) is 13.3 Å². The Bertz CT molecular complexity index is 305. The lowest BCUT2D eigenvalue weighted by molar-refractivity contribution is 0.303. The number of nitrogens with two attached hydrogens (primary N) is 1. The molecule has 0 aliphatic carbocycles. The van der Waals surface area contributed by atoms with E-state index in [4.69, 9.17) is 10.8 Å². The first-order valence-electron chi connectivity index (χ1n) is 4.37. The monoisotopic (exact) mass is 177 g/mol. The van der Waals surface area contributed by atoms with Crippen molar-refractivity contribution in [2.75, 3.05) is 12.3 Å². The van der Waals surface area contributed by atoms with Crippen LogP contribution in [0.25, 0.3) is 6.08 Å². The molecule has 0 aliphatic heterocycles. The summed E-state index contributed by atoms with van der Waals surface area (Å²) in [6.45, 7) is 2.21. The van der Waals surface area contributed by atoms with Gasteiger partial charge in [0.2, 0.25) is 0 Å². The minimum Gasteiger partial charge on any atom is -0.398 e. The lowest BCUT2D eigenvalue weighted by Crippen LogP contribution is -1.89. The fourth-order valence-electron chi connectivity index (χ4n) is 1.12. The standard InChI is InChI=1S/C11H15NO/c1-9-5-6-11(12)10(8-9)4-2-3-7-13/h2,4-6,8,13H,3,7,12H2,1H3. The van der Waals surface area contributed by atoms with Crippen LogP contribution in [0.4, 0.5) is 5.69 Å². The molecule has 1 aromatic rings. The quantitative estimate of drug-likeness (QED) is 0.693. The largest absolute Gasteiger partial charge is 0.398 e. The number of hydrogen-bond donors (Lipinski definition) is 2. The third-order valence-corrected chi connectivity index (χ3v) is 1.84. The second-order valence-electron chi connectivity index (χ2n) is 3.05. The molecule has 2 heteroatoms. The highest BCUT2D eigenvalue weighted by Gasteiger charge is 1.93. The Labute approximate surface area is 78.7 Å². The summed E-state index contributed by atoms with van der Waals surface area (Å²) < 4.78 is 0. The van der Waals surface area contributed by atoms with Crippen LogP contribution in [-0.2, 0) is 0 Å². The van der Waals surface area contributed by atoms with E-state index in [2.05, 4.69) is 0 Å². The van der Waals surface area contributed by atoms with Crippen molar-refractivity contribution >= 4 is 11.8 Å². The fourth-order valence-corrected chi connectivity index (χ4v) is 1.12. The number of benzene rings is 1. The molecule has 0 bridgehead atoms. The van der Waals surface area contributed by atoms with Gasteiger partial charge in [-0.2, -0.15) is 0 Å². The molecule has 70 valence electrons. The summed E-state index contributed by atoms with van der Waals surface area (Å²) in [6.07, 6.45) is 4.54. The van der Waals surface area contributed by atoms with Crippen molar-refractivity contribution in [1.82, 2.24) is 0 Å². The van der Waals surface area contributed by atoms with E-state index in [0.29, 0.717) is 6.42 Å². The van der Waals surface area contributed by atoms with Gasteiger partial charge in [0.15, 0.2) is 0 Å². The Morgan fingerprint density at radius 2 is 2.23 bits per heavy atom. The number of hydrogen-bond acceptors (Lipinski definition) is 2. The topological polar surface area (TPSA) is 46.2 Å². The first-order chi connectivity index (χ1) is 6.24. The van der Waals surface area contributed by atoms with Gasteiger partial charge >= 0.3 is 0 Å². The molecule has 1 aromatic carbocycles. The van der Waals surface area contributed by atoms with Gasteiger partial charge in [0, 0.05) is 12.3 Å². The molecule has 0 unspecified atom stereocenters. The predicted octanol–water partition coefficient (Wildman–Crippen LogP) is 1.97. The zero-order valence-electron chi connectivity index (χ0n) is 7.83. The Morgan fingerprint density at radius 1 is 1.46 bits per heavy atom. The van der Waals surface area contributed by atoms with Crippen LogP contribution in [0.2, 0.25) is 0 Å². The minimum atomic E-state index is 0.183. The van der Waals surface area contributed by atoms with E-state index in [-0.39, 0.29) is 6.61 Å². The maximum atomic E-state index is 8.59. The normalized spacial score (nSPS) is 10.9. The highest BCUT2D eigenvalue weighted by atomic mass is 16.2. The number of aryl methyl sites for hydroxylation is 1. The van der Waals surface area contributed by atoms with E-state index in [1.165, 1.54) is 5.56 Å². The van der Waals surface area contributed by atoms with E-state index in [9.17, 15) is 0 Å². The molecule has 0 aliphatic rings. The molecule has 0 heterocycles. The zero-order chi connectivity index (χ0) is 9.68. The van der Waals surface area contributed by atoms with Crippen LogP contribution in [0.3, 0.4) is 0 Å². The molecule has 0 saturated heterocycles. The van der Waals surface area contributed by atoms with Crippen molar-refractivity contribution in [2.24, 2.45) is 0 Å². The summed E-state index contributed by atoms with van der Waals surface area (Å²) >= 11 is 0. The predicted molar refractivity (Wildman–Crippen MR) is 56.3 cm³/mol. The number of aliphatic hydroxyl groups is 1. The number of aliphatic hydroxyl groups excluding tert-OH is 1. The van der Waals surface area contributed by atoms with Gasteiger partial charge in [0.25, 0.3) is 0 Å². The lowest BCUT2D eigenvalue weighted by Gasteiger charge is -2.01. The molecular formula is C11H15NO. The van der Waals surface area contributed by atoms with E-state index >= 15 is 0 Å². The first kappa shape index (κ1) is 9.81. The summed E-state index contributed by atoms with van der Waals surface area (Å²) in [6, 6.07) is 5.91. The molecule has 0 saturated carbocycles. The van der Waals surface area contributed by atoms with E-state index < -0.39 is 0 Å². The second-order valence-corrected chi connectivity index (χ2v) is 3.05. The Hall–Kier alpha value is -1.28. The maximum absolute atomic E-state index is 8.59. The van der Waals surface area contributed by atoms with Gasteiger partial charge in [-0.25, -0.2) is 0 Å². The van der Waals surface area contributed by atoms with Gasteiger partial charge in [-0.15, -0.1) is 0 Å². The Balaban J connectivity index is 2.81. The Kier molecular flexibility index (Phi) is 3.53. The van der Waals surface area contributed by atoms with Crippen molar-refractivity contribution in [3.05, 3.63) is 35.4 Å². The molecule has 3 N–H and O–H groups in total. The molecule has 0 spiro atoms. The summed E-state index contributed by atoms with van der Waals surface area (Å²) in [7, 11) is 0. The SMILES string of the molecule is Cc1ccc(N)c(C=CCCO)c1. The van der Waals surface area contributed by atoms with E-state index in [0.717, 1.165) is 11.3 Å². The molecule has 2 nitrogen and oxygen atoms in total. The van der Waals surface area contributed by atoms with Crippen LogP contribution in [-0.4, -0.2) is 11.7 Å². The highest BCUT2D eigenvalue weighted by Crippen LogP contribution is 2.15. The number of nitrogen functional groups attached to an aromatic ring is 1. The average molecular weight is 177 g/mol. The maximum Gasteiger partial charge on any atom is 0.0465 e. The second kappa shape index (κ2) is 4.67. The number of anilines is 1. The van der Waals surface area contributed by atoms with Gasteiger partial charge in [0.05, 0.1) is 0 Å². The summed E-state index contributed by atoms with van der Waals surface area (Å²) in [5, 5.41) is 8.59.